The highest BCUT2D eigenvalue weighted by molar-refractivity contribution is 7.99. The van der Waals surface area contributed by atoms with E-state index in [9.17, 15) is 4.79 Å². The molecule has 2 rings (SSSR count). The van der Waals surface area contributed by atoms with Crippen molar-refractivity contribution in [3.63, 3.8) is 0 Å². The predicted octanol–water partition coefficient (Wildman–Crippen LogP) is 3.07. The van der Waals surface area contributed by atoms with E-state index in [2.05, 4.69) is 15.3 Å². The maximum Gasteiger partial charge on any atom is 0.313 e. The molecule has 0 saturated heterocycles. The second-order valence-electron chi connectivity index (χ2n) is 4.23. The second-order valence-corrected chi connectivity index (χ2v) is 5.56. The molecule has 23 heavy (non-hydrogen) atoms. The van der Waals surface area contributed by atoms with Crippen molar-refractivity contribution in [3.05, 3.63) is 29.4 Å². The standard InChI is InChI=1S/C14H14ClN3O4S/c1-21-8-3-4-9(10(5-8)22-2)16-12-6-11(15)17-14(18-12)23-7-13(19)20/h3-6H,7H2,1-2H3,(H,19,20)(H,16,17,18). The zero-order valence-electron chi connectivity index (χ0n) is 12.4. The van der Waals surface area contributed by atoms with E-state index in [1.807, 2.05) is 0 Å². The van der Waals surface area contributed by atoms with Gasteiger partial charge in [0.15, 0.2) is 5.16 Å². The molecule has 0 saturated carbocycles. The lowest BCUT2D eigenvalue weighted by molar-refractivity contribution is -0.133. The number of thioether (sulfide) groups is 1. The van der Waals surface area contributed by atoms with Crippen LogP contribution in [0.1, 0.15) is 0 Å². The molecule has 0 aliphatic heterocycles. The summed E-state index contributed by atoms with van der Waals surface area (Å²) in [6.07, 6.45) is 0. The van der Waals surface area contributed by atoms with Crippen LogP contribution in [-0.4, -0.2) is 41.0 Å². The largest absolute Gasteiger partial charge is 0.497 e. The molecule has 0 amide bonds. The maximum absolute atomic E-state index is 10.6. The van der Waals surface area contributed by atoms with Gasteiger partial charge in [0, 0.05) is 12.1 Å². The molecule has 1 aromatic heterocycles. The lowest BCUT2D eigenvalue weighted by atomic mass is 10.2. The van der Waals surface area contributed by atoms with Crippen molar-refractivity contribution >= 4 is 40.8 Å². The third-order valence-corrected chi connectivity index (χ3v) is 3.70. The highest BCUT2D eigenvalue weighted by Gasteiger charge is 2.10. The first-order valence-corrected chi connectivity index (χ1v) is 7.76. The SMILES string of the molecule is COc1ccc(Nc2cc(Cl)nc(SCC(=O)O)n2)c(OC)c1. The molecule has 0 unspecified atom stereocenters. The number of carboxylic acids is 1. The Hall–Kier alpha value is -2.19. The van der Waals surface area contributed by atoms with Gasteiger partial charge in [-0.1, -0.05) is 23.4 Å². The lowest BCUT2D eigenvalue weighted by Gasteiger charge is -2.12. The molecule has 2 aromatic rings. The highest BCUT2D eigenvalue weighted by atomic mass is 35.5. The number of anilines is 2. The van der Waals surface area contributed by atoms with Gasteiger partial charge in [-0.05, 0) is 12.1 Å². The second kappa shape index (κ2) is 7.89. The fraction of sp³-hybridized carbons (Fsp3) is 0.214. The van der Waals surface area contributed by atoms with E-state index in [-0.39, 0.29) is 16.1 Å². The Morgan fingerprint density at radius 2 is 2.09 bits per heavy atom. The van der Waals surface area contributed by atoms with Crippen LogP contribution in [0.4, 0.5) is 11.5 Å². The number of benzene rings is 1. The van der Waals surface area contributed by atoms with E-state index in [0.29, 0.717) is 23.0 Å². The molecule has 1 aromatic carbocycles. The van der Waals surface area contributed by atoms with E-state index >= 15 is 0 Å². The average Bonchev–Trinajstić information content (AvgIpc) is 2.52. The number of aromatic nitrogens is 2. The number of nitrogens with one attached hydrogen (secondary N) is 1. The zero-order chi connectivity index (χ0) is 16.8. The van der Waals surface area contributed by atoms with Crippen LogP contribution in [0.5, 0.6) is 11.5 Å². The van der Waals surface area contributed by atoms with Gasteiger partial charge in [0.05, 0.1) is 25.7 Å². The summed E-state index contributed by atoms with van der Waals surface area (Å²) >= 11 is 6.94. The summed E-state index contributed by atoms with van der Waals surface area (Å²) < 4.78 is 10.4. The van der Waals surface area contributed by atoms with Crippen molar-refractivity contribution in [1.82, 2.24) is 9.97 Å². The van der Waals surface area contributed by atoms with Gasteiger partial charge in [-0.25, -0.2) is 9.97 Å². The topological polar surface area (TPSA) is 93.6 Å². The third kappa shape index (κ3) is 4.90. The molecule has 0 spiro atoms. The lowest BCUT2D eigenvalue weighted by Crippen LogP contribution is -2.02. The minimum Gasteiger partial charge on any atom is -0.497 e. The van der Waals surface area contributed by atoms with E-state index < -0.39 is 5.97 Å². The summed E-state index contributed by atoms with van der Waals surface area (Å²) in [7, 11) is 3.11. The number of halogens is 1. The van der Waals surface area contributed by atoms with Gasteiger partial charge < -0.3 is 19.9 Å². The van der Waals surface area contributed by atoms with Crippen LogP contribution in [0.15, 0.2) is 29.4 Å². The summed E-state index contributed by atoms with van der Waals surface area (Å²) in [5.74, 6) is 0.557. The van der Waals surface area contributed by atoms with Crippen molar-refractivity contribution in [1.29, 1.82) is 0 Å². The van der Waals surface area contributed by atoms with Crippen LogP contribution in [-0.2, 0) is 4.79 Å². The summed E-state index contributed by atoms with van der Waals surface area (Å²) in [6.45, 7) is 0. The van der Waals surface area contributed by atoms with Crippen LogP contribution < -0.4 is 14.8 Å². The smallest absolute Gasteiger partial charge is 0.313 e. The van der Waals surface area contributed by atoms with Gasteiger partial charge in [0.2, 0.25) is 0 Å². The van der Waals surface area contributed by atoms with Gasteiger partial charge in [-0.2, -0.15) is 0 Å². The van der Waals surface area contributed by atoms with Gasteiger partial charge in [-0.3, -0.25) is 4.79 Å². The first-order chi connectivity index (χ1) is 11.0. The highest BCUT2D eigenvalue weighted by Crippen LogP contribution is 2.31. The van der Waals surface area contributed by atoms with Gasteiger partial charge in [-0.15, -0.1) is 0 Å². The van der Waals surface area contributed by atoms with E-state index in [1.165, 1.54) is 6.07 Å². The first-order valence-electron chi connectivity index (χ1n) is 6.40. The number of methoxy groups -OCH3 is 2. The molecule has 1 heterocycles. The van der Waals surface area contributed by atoms with E-state index in [0.717, 1.165) is 11.8 Å². The normalized spacial score (nSPS) is 10.2. The number of rotatable bonds is 7. The molecule has 0 aliphatic carbocycles. The Kier molecular flexibility index (Phi) is 5.89. The summed E-state index contributed by atoms with van der Waals surface area (Å²) in [5.41, 5.74) is 0.664. The summed E-state index contributed by atoms with van der Waals surface area (Å²) in [4.78, 5) is 18.8. The van der Waals surface area contributed by atoms with Gasteiger partial charge >= 0.3 is 5.97 Å². The van der Waals surface area contributed by atoms with Crippen molar-refractivity contribution < 1.29 is 19.4 Å². The predicted molar refractivity (Wildman–Crippen MR) is 88.2 cm³/mol. The molecule has 0 radical (unpaired) electrons. The molecule has 0 atom stereocenters. The van der Waals surface area contributed by atoms with Crippen molar-refractivity contribution in [2.24, 2.45) is 0 Å². The zero-order valence-corrected chi connectivity index (χ0v) is 13.9. The van der Waals surface area contributed by atoms with E-state index in [1.54, 1.807) is 32.4 Å². The summed E-state index contributed by atoms with van der Waals surface area (Å²) in [6, 6.07) is 6.81. The quantitative estimate of drug-likeness (QED) is 0.444. The molecule has 0 bridgehead atoms. The number of carbonyl (C=O) groups is 1. The number of hydrogen-bond acceptors (Lipinski definition) is 7. The Morgan fingerprint density at radius 3 is 2.74 bits per heavy atom. The Morgan fingerprint density at radius 1 is 1.30 bits per heavy atom. The van der Waals surface area contributed by atoms with Crippen LogP contribution in [0.2, 0.25) is 5.15 Å². The fourth-order valence-corrected chi connectivity index (χ4v) is 2.50. The molecule has 122 valence electrons. The Bertz CT molecular complexity index is 714. The Balaban J connectivity index is 2.24. The minimum absolute atomic E-state index is 0.147. The van der Waals surface area contributed by atoms with Crippen molar-refractivity contribution in [3.8, 4) is 11.5 Å². The summed E-state index contributed by atoms with van der Waals surface area (Å²) in [5, 5.41) is 12.3. The number of hydrogen-bond donors (Lipinski definition) is 2. The van der Waals surface area contributed by atoms with Crippen molar-refractivity contribution in [2.45, 2.75) is 5.16 Å². The number of nitrogens with zero attached hydrogens (tertiary/aromatic N) is 2. The molecule has 7 nitrogen and oxygen atoms in total. The van der Waals surface area contributed by atoms with Crippen LogP contribution in [0.25, 0.3) is 0 Å². The number of carboxylic acid groups (broad SMARTS) is 1. The minimum atomic E-state index is -0.954. The maximum atomic E-state index is 10.6. The number of ether oxygens (including phenoxy) is 2. The molecule has 0 aliphatic rings. The fourth-order valence-electron chi connectivity index (χ4n) is 1.69. The molecule has 0 fully saturated rings. The van der Waals surface area contributed by atoms with Crippen molar-refractivity contribution in [2.75, 3.05) is 25.3 Å². The number of aliphatic carboxylic acids is 1. The Labute approximate surface area is 142 Å². The third-order valence-electron chi connectivity index (χ3n) is 2.67. The van der Waals surface area contributed by atoms with Crippen LogP contribution in [0.3, 0.4) is 0 Å². The molecule has 2 N–H and O–H groups in total. The average molecular weight is 356 g/mol. The monoisotopic (exact) mass is 355 g/mol. The van der Waals surface area contributed by atoms with Gasteiger partial charge in [0.1, 0.15) is 22.5 Å². The van der Waals surface area contributed by atoms with Gasteiger partial charge in [0.25, 0.3) is 0 Å². The van der Waals surface area contributed by atoms with Crippen LogP contribution >= 0.6 is 23.4 Å². The molecular weight excluding hydrogens is 342 g/mol. The molecular formula is C14H14ClN3O4S. The van der Waals surface area contributed by atoms with E-state index in [4.69, 9.17) is 26.2 Å². The van der Waals surface area contributed by atoms with Crippen LogP contribution in [0, 0.1) is 0 Å². The molecule has 9 heteroatoms. The first kappa shape index (κ1) is 17.2.